The molecule has 1 N–H and O–H groups in total. The molecule has 0 spiro atoms. The lowest BCUT2D eigenvalue weighted by Crippen LogP contribution is -2.29. The average molecular weight is 450 g/mol. The number of rotatable bonds is 8. The second kappa shape index (κ2) is 8.79. The van der Waals surface area contributed by atoms with Gasteiger partial charge in [-0.25, -0.2) is 16.8 Å². The summed E-state index contributed by atoms with van der Waals surface area (Å²) < 4.78 is 52.5. The van der Waals surface area contributed by atoms with Gasteiger partial charge in [0.1, 0.15) is 0 Å². The van der Waals surface area contributed by atoms with Crippen molar-refractivity contribution in [2.45, 2.75) is 35.6 Å². The Balaban J connectivity index is 1.98. The van der Waals surface area contributed by atoms with Gasteiger partial charge < -0.3 is 0 Å². The Labute approximate surface area is 176 Å². The Hall–Kier alpha value is -2.00. The third-order valence-corrected chi connectivity index (χ3v) is 7.96. The molecule has 0 bridgehead atoms. The van der Waals surface area contributed by atoms with Crippen LogP contribution in [0.15, 0.2) is 75.8 Å². The lowest BCUT2D eigenvalue weighted by Gasteiger charge is -2.19. The van der Waals surface area contributed by atoms with E-state index in [0.29, 0.717) is 0 Å². The van der Waals surface area contributed by atoms with Crippen molar-refractivity contribution in [3.8, 4) is 0 Å². The van der Waals surface area contributed by atoms with Crippen LogP contribution in [-0.2, 0) is 26.3 Å². The molecule has 2 aromatic carbocycles. The molecule has 3 rings (SSSR count). The summed E-state index contributed by atoms with van der Waals surface area (Å²) in [6.45, 7) is 2.11. The van der Waals surface area contributed by atoms with Gasteiger partial charge >= 0.3 is 0 Å². The molecular formula is C21H23NO4S3. The Morgan fingerprint density at radius 1 is 0.931 bits per heavy atom. The van der Waals surface area contributed by atoms with E-state index in [1.54, 1.807) is 0 Å². The number of sulfonamides is 1. The number of benzene rings is 2. The molecule has 0 saturated heterocycles. The van der Waals surface area contributed by atoms with Crippen molar-refractivity contribution in [2.75, 3.05) is 6.26 Å². The van der Waals surface area contributed by atoms with Gasteiger partial charge in [0.15, 0.2) is 9.84 Å². The van der Waals surface area contributed by atoms with Gasteiger partial charge in [0.25, 0.3) is 0 Å². The van der Waals surface area contributed by atoms with Crippen molar-refractivity contribution in [3.05, 3.63) is 82.0 Å². The number of sulfone groups is 1. The molecule has 0 fully saturated rings. The number of aryl methyl sites for hydroxylation is 1. The SMILES string of the molecule is CCCc1ccc(C(NS(=O)(=O)c2cccc(S(C)(=O)=O)c2)c2cccs2)cc1. The first-order valence-corrected chi connectivity index (χ1v) is 13.4. The molecule has 8 heteroatoms. The fraction of sp³-hybridized carbons (Fsp3) is 0.238. The Kier molecular flexibility index (Phi) is 6.58. The van der Waals surface area contributed by atoms with E-state index in [9.17, 15) is 16.8 Å². The van der Waals surface area contributed by atoms with Crippen molar-refractivity contribution < 1.29 is 16.8 Å². The van der Waals surface area contributed by atoms with E-state index in [-0.39, 0.29) is 9.79 Å². The molecule has 1 heterocycles. The Bertz CT molecular complexity index is 1170. The standard InChI is InChI=1S/C21H23NO4S3/c1-3-6-16-10-12-17(13-11-16)21(20-9-5-14-27-20)22-29(25,26)19-8-4-7-18(15-19)28(2,23)24/h4-5,7-15,21-22H,3,6H2,1-2H3. The first kappa shape index (κ1) is 21.7. The second-order valence-corrected chi connectivity index (χ2v) is 11.5. The highest BCUT2D eigenvalue weighted by Gasteiger charge is 2.24. The van der Waals surface area contributed by atoms with Crippen molar-refractivity contribution >= 4 is 31.2 Å². The Morgan fingerprint density at radius 2 is 1.62 bits per heavy atom. The van der Waals surface area contributed by atoms with E-state index < -0.39 is 25.9 Å². The zero-order chi connectivity index (χ0) is 21.1. The minimum absolute atomic E-state index is 0.0306. The van der Waals surface area contributed by atoms with Crippen LogP contribution in [0.5, 0.6) is 0 Å². The maximum absolute atomic E-state index is 13.1. The largest absolute Gasteiger partial charge is 0.241 e. The third kappa shape index (κ3) is 5.33. The van der Waals surface area contributed by atoms with Gasteiger partial charge in [0.2, 0.25) is 10.0 Å². The van der Waals surface area contributed by atoms with Gasteiger partial charge in [-0.3, -0.25) is 0 Å². The fourth-order valence-corrected chi connectivity index (χ4v) is 5.87. The number of nitrogens with one attached hydrogen (secondary N) is 1. The van der Waals surface area contributed by atoms with Crippen LogP contribution in [-0.4, -0.2) is 23.1 Å². The monoisotopic (exact) mass is 449 g/mol. The van der Waals surface area contributed by atoms with Gasteiger partial charge in [-0.2, -0.15) is 4.72 Å². The minimum Gasteiger partial charge on any atom is -0.224 e. The van der Waals surface area contributed by atoms with Crippen LogP contribution in [0.4, 0.5) is 0 Å². The fourth-order valence-electron chi connectivity index (χ4n) is 3.01. The van der Waals surface area contributed by atoms with Crippen molar-refractivity contribution in [1.29, 1.82) is 0 Å². The first-order chi connectivity index (χ1) is 13.7. The highest BCUT2D eigenvalue weighted by atomic mass is 32.2. The lowest BCUT2D eigenvalue weighted by atomic mass is 10.0. The molecule has 0 aliphatic rings. The summed E-state index contributed by atoms with van der Waals surface area (Å²) in [6.07, 6.45) is 3.06. The van der Waals surface area contributed by atoms with Crippen LogP contribution in [0.3, 0.4) is 0 Å². The molecular weight excluding hydrogens is 426 g/mol. The smallest absolute Gasteiger partial charge is 0.224 e. The average Bonchev–Trinajstić information content (AvgIpc) is 3.21. The normalized spacial score (nSPS) is 13.3. The Morgan fingerprint density at radius 3 is 2.21 bits per heavy atom. The van der Waals surface area contributed by atoms with Crippen LogP contribution < -0.4 is 4.72 Å². The molecule has 1 unspecified atom stereocenters. The van der Waals surface area contributed by atoms with Crippen LogP contribution in [0.2, 0.25) is 0 Å². The van der Waals surface area contributed by atoms with Gasteiger partial charge in [0, 0.05) is 11.1 Å². The topological polar surface area (TPSA) is 80.3 Å². The van der Waals surface area contributed by atoms with Crippen molar-refractivity contribution in [3.63, 3.8) is 0 Å². The van der Waals surface area contributed by atoms with E-state index >= 15 is 0 Å². The first-order valence-electron chi connectivity index (χ1n) is 9.15. The molecule has 3 aromatic rings. The van der Waals surface area contributed by atoms with E-state index in [1.165, 1.54) is 41.2 Å². The molecule has 1 aromatic heterocycles. The molecule has 0 radical (unpaired) electrons. The number of thiophene rings is 1. The van der Waals surface area contributed by atoms with Crippen LogP contribution in [0, 0.1) is 0 Å². The highest BCUT2D eigenvalue weighted by molar-refractivity contribution is 7.91. The molecule has 0 aliphatic carbocycles. The molecule has 29 heavy (non-hydrogen) atoms. The van der Waals surface area contributed by atoms with Gasteiger partial charge in [0.05, 0.1) is 15.8 Å². The van der Waals surface area contributed by atoms with Gasteiger partial charge in [-0.1, -0.05) is 49.7 Å². The summed E-state index contributed by atoms with van der Waals surface area (Å²) in [6, 6.07) is 16.5. The highest BCUT2D eigenvalue weighted by Crippen LogP contribution is 2.29. The summed E-state index contributed by atoms with van der Waals surface area (Å²) in [7, 11) is -7.45. The zero-order valence-electron chi connectivity index (χ0n) is 16.2. The summed E-state index contributed by atoms with van der Waals surface area (Å²) in [5, 5.41) is 1.90. The second-order valence-electron chi connectivity index (χ2n) is 6.81. The van der Waals surface area contributed by atoms with E-state index in [1.807, 2.05) is 41.8 Å². The lowest BCUT2D eigenvalue weighted by molar-refractivity contribution is 0.573. The quantitative estimate of drug-likeness (QED) is 0.560. The summed E-state index contributed by atoms with van der Waals surface area (Å²) in [5.41, 5.74) is 2.03. The summed E-state index contributed by atoms with van der Waals surface area (Å²) in [4.78, 5) is 0.748. The van der Waals surface area contributed by atoms with E-state index in [0.717, 1.165) is 29.5 Å². The van der Waals surface area contributed by atoms with Crippen molar-refractivity contribution in [2.24, 2.45) is 0 Å². The third-order valence-electron chi connectivity index (χ3n) is 4.50. The molecule has 0 amide bonds. The van der Waals surface area contributed by atoms with Crippen LogP contribution in [0.1, 0.15) is 35.4 Å². The predicted molar refractivity (Wildman–Crippen MR) is 116 cm³/mol. The van der Waals surface area contributed by atoms with E-state index in [4.69, 9.17) is 0 Å². The molecule has 5 nitrogen and oxygen atoms in total. The molecule has 1 atom stereocenters. The summed E-state index contributed by atoms with van der Waals surface area (Å²) in [5.74, 6) is 0. The predicted octanol–water partition coefficient (Wildman–Crippen LogP) is 4.17. The number of hydrogen-bond acceptors (Lipinski definition) is 5. The van der Waals surface area contributed by atoms with Crippen LogP contribution in [0.25, 0.3) is 0 Å². The van der Waals surface area contributed by atoms with Gasteiger partial charge in [-0.05, 0) is 47.2 Å². The van der Waals surface area contributed by atoms with Crippen LogP contribution >= 0.6 is 11.3 Å². The molecule has 0 aliphatic heterocycles. The zero-order valence-corrected chi connectivity index (χ0v) is 18.6. The molecule has 0 saturated carbocycles. The number of hydrogen-bond donors (Lipinski definition) is 1. The van der Waals surface area contributed by atoms with Gasteiger partial charge in [-0.15, -0.1) is 11.3 Å². The molecule has 154 valence electrons. The summed E-state index contributed by atoms with van der Waals surface area (Å²) >= 11 is 1.46. The maximum atomic E-state index is 13.1. The van der Waals surface area contributed by atoms with E-state index in [2.05, 4.69) is 11.6 Å². The minimum atomic E-state index is -3.94. The van der Waals surface area contributed by atoms with Crippen molar-refractivity contribution in [1.82, 2.24) is 4.72 Å². The maximum Gasteiger partial charge on any atom is 0.241 e.